The lowest BCUT2D eigenvalue weighted by molar-refractivity contribution is 0.0905. The van der Waals surface area contributed by atoms with Gasteiger partial charge in [-0.3, -0.25) is 4.79 Å². The average Bonchev–Trinajstić information content (AvgIpc) is 2.47. The molecule has 1 amide bonds. The smallest absolute Gasteiger partial charge is 0.253 e. The number of benzene rings is 1. The molecule has 0 atom stereocenters. The van der Waals surface area contributed by atoms with Crippen molar-refractivity contribution in [3.63, 3.8) is 0 Å². The van der Waals surface area contributed by atoms with E-state index in [1.165, 1.54) is 18.2 Å². The maximum Gasteiger partial charge on any atom is 0.253 e. The standard InChI is InChI=1S/C14H17BrFN3O2/c15-11-8-9(16)4-5-10(11)12(20)18-14(13(17)19-21)6-2-1-3-7-14/h4-5,8,21H,1-3,6-7H2,(H2,17,19)(H,18,20). The van der Waals surface area contributed by atoms with Gasteiger partial charge in [0.15, 0.2) is 5.84 Å². The summed E-state index contributed by atoms with van der Waals surface area (Å²) in [5.41, 5.74) is 5.26. The van der Waals surface area contributed by atoms with Crippen LogP contribution in [0.4, 0.5) is 4.39 Å². The number of carbonyl (C=O) groups is 1. The molecule has 1 aromatic rings. The van der Waals surface area contributed by atoms with Crippen molar-refractivity contribution >= 4 is 27.7 Å². The minimum atomic E-state index is -0.835. The number of carbonyl (C=O) groups excluding carboxylic acids is 1. The van der Waals surface area contributed by atoms with Gasteiger partial charge in [-0.05, 0) is 47.0 Å². The zero-order valence-electron chi connectivity index (χ0n) is 11.4. The first kappa shape index (κ1) is 15.8. The van der Waals surface area contributed by atoms with Gasteiger partial charge in [-0.15, -0.1) is 0 Å². The molecule has 1 saturated carbocycles. The fourth-order valence-electron chi connectivity index (χ4n) is 2.65. The van der Waals surface area contributed by atoms with Crippen molar-refractivity contribution in [2.45, 2.75) is 37.6 Å². The Morgan fingerprint density at radius 2 is 2.05 bits per heavy atom. The molecule has 0 bridgehead atoms. The van der Waals surface area contributed by atoms with Crippen LogP contribution in [-0.4, -0.2) is 22.5 Å². The summed E-state index contributed by atoms with van der Waals surface area (Å²) in [5, 5.41) is 14.9. The molecule has 0 aliphatic heterocycles. The van der Waals surface area contributed by atoms with E-state index in [1.54, 1.807) is 0 Å². The van der Waals surface area contributed by atoms with Crippen LogP contribution in [0.2, 0.25) is 0 Å². The molecule has 1 fully saturated rings. The van der Waals surface area contributed by atoms with Gasteiger partial charge in [0.2, 0.25) is 0 Å². The normalized spacial score (nSPS) is 18.3. The predicted octanol–water partition coefficient (Wildman–Crippen LogP) is 2.77. The highest BCUT2D eigenvalue weighted by molar-refractivity contribution is 9.10. The second-order valence-corrected chi connectivity index (χ2v) is 6.06. The fourth-order valence-corrected chi connectivity index (χ4v) is 3.19. The number of nitrogens with two attached hydrogens (primary N) is 1. The Hall–Kier alpha value is -1.63. The molecule has 0 aromatic heterocycles. The van der Waals surface area contributed by atoms with Gasteiger partial charge in [0, 0.05) is 4.47 Å². The lowest BCUT2D eigenvalue weighted by Gasteiger charge is -2.36. The van der Waals surface area contributed by atoms with Crippen LogP contribution < -0.4 is 11.1 Å². The van der Waals surface area contributed by atoms with Crippen molar-refractivity contribution in [1.29, 1.82) is 0 Å². The van der Waals surface area contributed by atoms with Crippen LogP contribution in [0.5, 0.6) is 0 Å². The number of hydrogen-bond donors (Lipinski definition) is 3. The largest absolute Gasteiger partial charge is 0.409 e. The SMILES string of the molecule is N/C(=N/O)C1(NC(=O)c2ccc(F)cc2Br)CCCCC1. The quantitative estimate of drug-likeness (QED) is 0.336. The molecule has 0 saturated heterocycles. The number of oxime groups is 1. The molecule has 0 radical (unpaired) electrons. The van der Waals surface area contributed by atoms with Gasteiger partial charge in [-0.1, -0.05) is 24.4 Å². The number of nitrogens with one attached hydrogen (secondary N) is 1. The maximum absolute atomic E-state index is 13.1. The topological polar surface area (TPSA) is 87.7 Å². The number of nitrogens with zero attached hydrogens (tertiary/aromatic N) is 1. The van der Waals surface area contributed by atoms with E-state index in [0.717, 1.165) is 19.3 Å². The predicted molar refractivity (Wildman–Crippen MR) is 80.8 cm³/mol. The lowest BCUT2D eigenvalue weighted by Crippen LogP contribution is -2.58. The fraction of sp³-hybridized carbons (Fsp3) is 0.429. The minimum absolute atomic E-state index is 0.00813. The van der Waals surface area contributed by atoms with Crippen LogP contribution in [0.1, 0.15) is 42.5 Å². The number of hydrogen-bond acceptors (Lipinski definition) is 3. The first-order valence-corrected chi connectivity index (χ1v) is 7.53. The summed E-state index contributed by atoms with van der Waals surface area (Å²) in [6.45, 7) is 0. The molecule has 4 N–H and O–H groups in total. The van der Waals surface area contributed by atoms with Crippen LogP contribution >= 0.6 is 15.9 Å². The number of amides is 1. The molecule has 0 spiro atoms. The number of amidine groups is 1. The van der Waals surface area contributed by atoms with E-state index < -0.39 is 11.4 Å². The highest BCUT2D eigenvalue weighted by Crippen LogP contribution is 2.29. The van der Waals surface area contributed by atoms with Crippen LogP contribution in [0, 0.1) is 5.82 Å². The van der Waals surface area contributed by atoms with Crippen molar-refractivity contribution in [1.82, 2.24) is 5.32 Å². The molecule has 1 aliphatic rings. The summed E-state index contributed by atoms with van der Waals surface area (Å²) in [4.78, 5) is 12.4. The van der Waals surface area contributed by atoms with Crippen molar-refractivity contribution in [2.75, 3.05) is 0 Å². The summed E-state index contributed by atoms with van der Waals surface area (Å²) in [7, 11) is 0. The van der Waals surface area contributed by atoms with E-state index in [4.69, 9.17) is 10.9 Å². The third-order valence-corrected chi connectivity index (χ3v) is 4.49. The molecular formula is C14H17BrFN3O2. The Kier molecular flexibility index (Phi) is 4.82. The van der Waals surface area contributed by atoms with E-state index in [1.807, 2.05) is 0 Å². The Morgan fingerprint density at radius 3 is 2.62 bits per heavy atom. The van der Waals surface area contributed by atoms with Gasteiger partial charge in [0.05, 0.1) is 5.56 Å². The molecule has 1 aromatic carbocycles. The van der Waals surface area contributed by atoms with E-state index in [9.17, 15) is 9.18 Å². The summed E-state index contributed by atoms with van der Waals surface area (Å²) < 4.78 is 13.5. The third kappa shape index (κ3) is 3.34. The maximum atomic E-state index is 13.1. The monoisotopic (exact) mass is 357 g/mol. The molecule has 1 aliphatic carbocycles. The second-order valence-electron chi connectivity index (χ2n) is 5.21. The van der Waals surface area contributed by atoms with Gasteiger partial charge in [-0.2, -0.15) is 0 Å². The van der Waals surface area contributed by atoms with Gasteiger partial charge in [-0.25, -0.2) is 4.39 Å². The van der Waals surface area contributed by atoms with E-state index in [2.05, 4.69) is 26.4 Å². The molecule has 21 heavy (non-hydrogen) atoms. The van der Waals surface area contributed by atoms with E-state index >= 15 is 0 Å². The summed E-state index contributed by atoms with van der Waals surface area (Å²) in [5.74, 6) is -0.800. The van der Waals surface area contributed by atoms with E-state index in [0.29, 0.717) is 22.9 Å². The Bertz CT molecular complexity index is 571. The molecular weight excluding hydrogens is 341 g/mol. The molecule has 0 heterocycles. The van der Waals surface area contributed by atoms with Crippen LogP contribution in [-0.2, 0) is 0 Å². The Balaban J connectivity index is 2.26. The van der Waals surface area contributed by atoms with Crippen molar-refractivity contribution in [3.05, 3.63) is 34.1 Å². The van der Waals surface area contributed by atoms with Gasteiger partial charge < -0.3 is 16.3 Å². The molecule has 2 rings (SSSR count). The molecule has 7 heteroatoms. The van der Waals surface area contributed by atoms with Crippen LogP contribution in [0.15, 0.2) is 27.8 Å². The zero-order valence-corrected chi connectivity index (χ0v) is 13.0. The summed E-state index contributed by atoms with van der Waals surface area (Å²) in [6.07, 6.45) is 4.07. The van der Waals surface area contributed by atoms with Crippen molar-refractivity contribution in [2.24, 2.45) is 10.9 Å². The van der Waals surface area contributed by atoms with Gasteiger partial charge in [0.25, 0.3) is 5.91 Å². The minimum Gasteiger partial charge on any atom is -0.409 e. The molecule has 114 valence electrons. The lowest BCUT2D eigenvalue weighted by atomic mass is 9.80. The highest BCUT2D eigenvalue weighted by Gasteiger charge is 2.38. The zero-order chi connectivity index (χ0) is 15.5. The Morgan fingerprint density at radius 1 is 1.38 bits per heavy atom. The number of halogens is 2. The van der Waals surface area contributed by atoms with Crippen LogP contribution in [0.25, 0.3) is 0 Å². The summed E-state index contributed by atoms with van der Waals surface area (Å²) >= 11 is 3.17. The van der Waals surface area contributed by atoms with Gasteiger partial charge >= 0.3 is 0 Å². The first-order valence-electron chi connectivity index (χ1n) is 6.74. The molecule has 5 nitrogen and oxygen atoms in total. The second kappa shape index (κ2) is 6.43. The van der Waals surface area contributed by atoms with Crippen molar-refractivity contribution < 1.29 is 14.4 Å². The number of rotatable bonds is 3. The average molecular weight is 358 g/mol. The van der Waals surface area contributed by atoms with Crippen molar-refractivity contribution in [3.8, 4) is 0 Å². The van der Waals surface area contributed by atoms with E-state index in [-0.39, 0.29) is 11.7 Å². The Labute approximate surface area is 130 Å². The van der Waals surface area contributed by atoms with Crippen LogP contribution in [0.3, 0.4) is 0 Å². The third-order valence-electron chi connectivity index (χ3n) is 3.83. The first-order chi connectivity index (χ1) is 9.98. The highest BCUT2D eigenvalue weighted by atomic mass is 79.9. The summed E-state index contributed by atoms with van der Waals surface area (Å²) in [6, 6.07) is 3.85. The van der Waals surface area contributed by atoms with Gasteiger partial charge in [0.1, 0.15) is 11.4 Å². The molecule has 0 unspecified atom stereocenters.